The molecular formula is C8H13NO6. The van der Waals surface area contributed by atoms with Gasteiger partial charge in [-0.15, -0.1) is 0 Å². The van der Waals surface area contributed by atoms with Crippen LogP contribution in [0.4, 0.5) is 0 Å². The van der Waals surface area contributed by atoms with E-state index < -0.39 is 12.6 Å². The van der Waals surface area contributed by atoms with Crippen LogP contribution in [0.5, 0.6) is 5.75 Å². The van der Waals surface area contributed by atoms with Crippen LogP contribution in [0, 0.1) is 6.92 Å². The van der Waals surface area contributed by atoms with Gasteiger partial charge in [0, 0.05) is 18.0 Å². The lowest BCUT2D eigenvalue weighted by Crippen LogP contribution is -2.15. The quantitative estimate of drug-likeness (QED) is 0.637. The van der Waals surface area contributed by atoms with Gasteiger partial charge in [-0.1, -0.05) is 0 Å². The van der Waals surface area contributed by atoms with Crippen molar-refractivity contribution in [3.8, 4) is 5.75 Å². The molecule has 0 bridgehead atoms. The minimum atomic E-state index is -1.11. The van der Waals surface area contributed by atoms with Gasteiger partial charge in [-0.05, 0) is 6.92 Å². The third kappa shape index (κ3) is 4.79. The molecule has 1 aromatic heterocycles. The highest BCUT2D eigenvalue weighted by Crippen LogP contribution is 2.00. The number of pyridine rings is 1. The van der Waals surface area contributed by atoms with Crippen molar-refractivity contribution in [2.45, 2.75) is 6.92 Å². The van der Waals surface area contributed by atoms with Gasteiger partial charge < -0.3 is 25.8 Å². The van der Waals surface area contributed by atoms with Crippen molar-refractivity contribution in [3.63, 3.8) is 0 Å². The van der Waals surface area contributed by atoms with E-state index in [1.165, 1.54) is 12.3 Å². The van der Waals surface area contributed by atoms with Gasteiger partial charge in [-0.2, -0.15) is 0 Å². The van der Waals surface area contributed by atoms with Crippen LogP contribution < -0.4 is 10.2 Å². The SMILES string of the molecule is Cc1cc(=O)c(OCC(=O)O)c[nH]1.O.O. The number of carboxylic acid groups (broad SMARTS) is 1. The zero-order chi connectivity index (χ0) is 9.84. The minimum absolute atomic E-state index is 0. The highest BCUT2D eigenvalue weighted by molar-refractivity contribution is 5.68. The zero-order valence-electron chi connectivity index (χ0n) is 8.03. The Kier molecular flexibility index (Phi) is 6.84. The Morgan fingerprint density at radius 3 is 2.60 bits per heavy atom. The molecule has 6 N–H and O–H groups in total. The van der Waals surface area contributed by atoms with Crippen LogP contribution in [0.3, 0.4) is 0 Å². The van der Waals surface area contributed by atoms with Crippen molar-refractivity contribution in [3.05, 3.63) is 28.2 Å². The Bertz CT molecular complexity index is 372. The van der Waals surface area contributed by atoms with E-state index in [0.717, 1.165) is 0 Å². The summed E-state index contributed by atoms with van der Waals surface area (Å²) in [6, 6.07) is 1.34. The zero-order valence-corrected chi connectivity index (χ0v) is 8.03. The summed E-state index contributed by atoms with van der Waals surface area (Å²) in [5.74, 6) is -1.09. The summed E-state index contributed by atoms with van der Waals surface area (Å²) in [6.07, 6.45) is 1.35. The number of ether oxygens (including phenoxy) is 1. The molecule has 0 radical (unpaired) electrons. The van der Waals surface area contributed by atoms with Crippen LogP contribution in [0.15, 0.2) is 17.1 Å². The minimum Gasteiger partial charge on any atom is -0.479 e. The molecule has 0 aliphatic rings. The number of nitrogens with one attached hydrogen (secondary N) is 1. The fraction of sp³-hybridized carbons (Fsp3) is 0.250. The average Bonchev–Trinajstić information content (AvgIpc) is 2.02. The molecule has 7 heteroatoms. The maximum atomic E-state index is 11.1. The molecule has 0 fully saturated rings. The lowest BCUT2D eigenvalue weighted by molar-refractivity contribution is -0.139. The van der Waals surface area contributed by atoms with Crippen LogP contribution in [0.2, 0.25) is 0 Å². The largest absolute Gasteiger partial charge is 0.479 e. The van der Waals surface area contributed by atoms with Gasteiger partial charge in [-0.25, -0.2) is 4.79 Å². The van der Waals surface area contributed by atoms with E-state index in [4.69, 9.17) is 9.84 Å². The summed E-state index contributed by atoms with van der Waals surface area (Å²) in [5, 5.41) is 8.28. The average molecular weight is 219 g/mol. The maximum Gasteiger partial charge on any atom is 0.341 e. The highest BCUT2D eigenvalue weighted by atomic mass is 16.5. The number of aliphatic carboxylic acids is 1. The summed E-state index contributed by atoms with van der Waals surface area (Å²) < 4.78 is 4.71. The summed E-state index contributed by atoms with van der Waals surface area (Å²) in [7, 11) is 0. The monoisotopic (exact) mass is 219 g/mol. The number of rotatable bonds is 3. The predicted octanol–water partition coefficient (Wildman–Crippen LogP) is -1.50. The van der Waals surface area contributed by atoms with Gasteiger partial charge in [0.1, 0.15) is 0 Å². The number of hydrogen-bond acceptors (Lipinski definition) is 3. The van der Waals surface area contributed by atoms with Gasteiger partial charge in [0.2, 0.25) is 5.43 Å². The van der Waals surface area contributed by atoms with Crippen molar-refractivity contribution in [2.24, 2.45) is 0 Å². The van der Waals surface area contributed by atoms with E-state index in [-0.39, 0.29) is 22.1 Å². The molecule has 0 saturated heterocycles. The Morgan fingerprint density at radius 2 is 2.13 bits per heavy atom. The lowest BCUT2D eigenvalue weighted by atomic mass is 10.3. The first-order valence-electron chi connectivity index (χ1n) is 3.63. The summed E-state index contributed by atoms with van der Waals surface area (Å²) in [4.78, 5) is 24.0. The number of carbonyl (C=O) groups is 1. The predicted molar refractivity (Wildman–Crippen MR) is 52.2 cm³/mol. The molecule has 0 atom stereocenters. The standard InChI is InChI=1S/C8H9NO4.2H2O/c1-5-2-6(10)7(3-9-5)13-4-8(11)12;;/h2-3H,4H2,1H3,(H,9,10)(H,11,12);2*1H2. The normalized spacial score (nSPS) is 8.33. The molecule has 0 spiro atoms. The fourth-order valence-electron chi connectivity index (χ4n) is 0.812. The summed E-state index contributed by atoms with van der Waals surface area (Å²) >= 11 is 0. The third-order valence-corrected chi connectivity index (χ3v) is 1.37. The van der Waals surface area contributed by atoms with Crippen molar-refractivity contribution < 1.29 is 25.6 Å². The second kappa shape index (κ2) is 6.57. The van der Waals surface area contributed by atoms with Crippen LogP contribution in [0.25, 0.3) is 0 Å². The van der Waals surface area contributed by atoms with E-state index in [9.17, 15) is 9.59 Å². The molecule has 0 aliphatic carbocycles. The topological polar surface area (TPSA) is 142 Å². The number of aryl methyl sites for hydroxylation is 1. The van der Waals surface area contributed by atoms with Gasteiger partial charge in [-0.3, -0.25) is 4.79 Å². The molecule has 0 saturated carbocycles. The van der Waals surface area contributed by atoms with Crippen molar-refractivity contribution in [2.75, 3.05) is 6.61 Å². The van der Waals surface area contributed by atoms with Crippen molar-refractivity contribution >= 4 is 5.97 Å². The molecule has 1 heterocycles. The lowest BCUT2D eigenvalue weighted by Gasteiger charge is -2.01. The van der Waals surface area contributed by atoms with Gasteiger partial charge in [0.15, 0.2) is 12.4 Å². The van der Waals surface area contributed by atoms with Gasteiger partial charge in [0.05, 0.1) is 0 Å². The molecule has 0 aromatic carbocycles. The van der Waals surface area contributed by atoms with E-state index in [0.29, 0.717) is 5.69 Å². The summed E-state index contributed by atoms with van der Waals surface area (Å²) in [6.45, 7) is 1.22. The van der Waals surface area contributed by atoms with E-state index in [1.807, 2.05) is 0 Å². The Balaban J connectivity index is 0. The number of H-pyrrole nitrogens is 1. The second-order valence-electron chi connectivity index (χ2n) is 2.53. The molecule has 7 nitrogen and oxygen atoms in total. The molecular weight excluding hydrogens is 206 g/mol. The molecule has 0 amide bonds. The maximum absolute atomic E-state index is 11.1. The number of aromatic amines is 1. The van der Waals surface area contributed by atoms with E-state index in [1.54, 1.807) is 6.92 Å². The fourth-order valence-corrected chi connectivity index (χ4v) is 0.812. The van der Waals surface area contributed by atoms with Gasteiger partial charge >= 0.3 is 5.97 Å². The first-order valence-corrected chi connectivity index (χ1v) is 3.63. The van der Waals surface area contributed by atoms with Crippen LogP contribution in [-0.4, -0.2) is 33.6 Å². The Morgan fingerprint density at radius 1 is 1.53 bits per heavy atom. The Hall–Kier alpha value is -1.86. The number of carboxylic acids is 1. The number of hydrogen-bond donors (Lipinski definition) is 2. The first kappa shape index (κ1) is 15.6. The molecule has 15 heavy (non-hydrogen) atoms. The van der Waals surface area contributed by atoms with E-state index >= 15 is 0 Å². The van der Waals surface area contributed by atoms with E-state index in [2.05, 4.69) is 4.98 Å². The molecule has 1 aromatic rings. The van der Waals surface area contributed by atoms with Crippen molar-refractivity contribution in [1.29, 1.82) is 0 Å². The Labute approximate surface area is 84.9 Å². The summed E-state index contributed by atoms with van der Waals surface area (Å²) in [5.41, 5.74) is 0.380. The molecule has 1 rings (SSSR count). The molecule has 0 unspecified atom stereocenters. The second-order valence-corrected chi connectivity index (χ2v) is 2.53. The van der Waals surface area contributed by atoms with Crippen LogP contribution in [-0.2, 0) is 4.79 Å². The smallest absolute Gasteiger partial charge is 0.341 e. The highest BCUT2D eigenvalue weighted by Gasteiger charge is 2.02. The third-order valence-electron chi connectivity index (χ3n) is 1.37. The molecule has 0 aliphatic heterocycles. The molecule has 86 valence electrons. The van der Waals surface area contributed by atoms with Gasteiger partial charge in [0.25, 0.3) is 0 Å². The number of aromatic nitrogens is 1. The van der Waals surface area contributed by atoms with Crippen LogP contribution >= 0.6 is 0 Å². The van der Waals surface area contributed by atoms with Crippen molar-refractivity contribution in [1.82, 2.24) is 4.98 Å². The first-order chi connectivity index (χ1) is 6.09. The van der Waals surface area contributed by atoms with Crippen LogP contribution in [0.1, 0.15) is 5.69 Å².